The summed E-state index contributed by atoms with van der Waals surface area (Å²) in [7, 11) is 0. The summed E-state index contributed by atoms with van der Waals surface area (Å²) in [4.78, 5) is 4.34. The Hall–Kier alpha value is -0.990. The summed E-state index contributed by atoms with van der Waals surface area (Å²) < 4.78 is 0. The van der Waals surface area contributed by atoms with Crippen molar-refractivity contribution in [2.24, 2.45) is 0 Å². The Balaban J connectivity index is 2.75. The topological polar surface area (TPSA) is 38.7 Å². The summed E-state index contributed by atoms with van der Waals surface area (Å²) in [5.74, 6) is 0.770. The molecule has 0 N–H and O–H groups in total. The SMILES string of the molecule is CCCCc1nc(C)nnc1C. The van der Waals surface area contributed by atoms with Crippen LogP contribution in [0.15, 0.2) is 0 Å². The van der Waals surface area contributed by atoms with E-state index in [2.05, 4.69) is 22.1 Å². The van der Waals surface area contributed by atoms with Gasteiger partial charge in [-0.2, -0.15) is 5.10 Å². The molecule has 0 aromatic carbocycles. The molecule has 0 saturated heterocycles. The van der Waals surface area contributed by atoms with Crippen LogP contribution in [-0.2, 0) is 6.42 Å². The number of rotatable bonds is 3. The van der Waals surface area contributed by atoms with E-state index in [-0.39, 0.29) is 0 Å². The van der Waals surface area contributed by atoms with Gasteiger partial charge >= 0.3 is 0 Å². The lowest BCUT2D eigenvalue weighted by atomic mass is 10.2. The Labute approximate surface area is 73.2 Å². The molecule has 0 aliphatic rings. The molecule has 1 aromatic heterocycles. The maximum Gasteiger partial charge on any atom is 0.148 e. The minimum Gasteiger partial charge on any atom is -0.234 e. The minimum atomic E-state index is 0.770. The first-order chi connectivity index (χ1) is 5.74. The van der Waals surface area contributed by atoms with Gasteiger partial charge in [0.15, 0.2) is 0 Å². The van der Waals surface area contributed by atoms with E-state index < -0.39 is 0 Å². The zero-order chi connectivity index (χ0) is 8.97. The van der Waals surface area contributed by atoms with Crippen molar-refractivity contribution in [1.82, 2.24) is 15.2 Å². The maximum atomic E-state index is 4.34. The smallest absolute Gasteiger partial charge is 0.148 e. The molecule has 0 fully saturated rings. The molecule has 0 amide bonds. The van der Waals surface area contributed by atoms with E-state index in [1.165, 1.54) is 12.8 Å². The minimum absolute atomic E-state index is 0.770. The summed E-state index contributed by atoms with van der Waals surface area (Å²) in [6.45, 7) is 6.02. The molecule has 0 aliphatic heterocycles. The van der Waals surface area contributed by atoms with E-state index in [1.54, 1.807) is 0 Å². The second-order valence-electron chi connectivity index (χ2n) is 2.99. The standard InChI is InChI=1S/C9H15N3/c1-4-5-6-9-7(2)11-12-8(3)10-9/h4-6H2,1-3H3. The summed E-state index contributed by atoms with van der Waals surface area (Å²) in [6, 6.07) is 0. The summed E-state index contributed by atoms with van der Waals surface area (Å²) in [6.07, 6.45) is 3.40. The predicted molar refractivity (Wildman–Crippen MR) is 47.9 cm³/mol. The van der Waals surface area contributed by atoms with Gasteiger partial charge < -0.3 is 0 Å². The van der Waals surface area contributed by atoms with Crippen LogP contribution in [0.3, 0.4) is 0 Å². The molecule has 0 atom stereocenters. The quantitative estimate of drug-likeness (QED) is 0.685. The van der Waals surface area contributed by atoms with Gasteiger partial charge in [0.05, 0.1) is 11.4 Å². The van der Waals surface area contributed by atoms with Crippen LogP contribution in [0, 0.1) is 13.8 Å². The molecule has 0 unspecified atom stereocenters. The van der Waals surface area contributed by atoms with Crippen molar-refractivity contribution in [3.8, 4) is 0 Å². The second kappa shape index (κ2) is 4.14. The van der Waals surface area contributed by atoms with Crippen molar-refractivity contribution in [3.63, 3.8) is 0 Å². The van der Waals surface area contributed by atoms with Gasteiger partial charge in [-0.25, -0.2) is 4.98 Å². The fourth-order valence-electron chi connectivity index (χ4n) is 1.08. The first kappa shape index (κ1) is 9.10. The number of hydrogen-bond donors (Lipinski definition) is 0. The van der Waals surface area contributed by atoms with Crippen molar-refractivity contribution in [2.75, 3.05) is 0 Å². The Bertz CT molecular complexity index is 258. The number of hydrogen-bond acceptors (Lipinski definition) is 3. The van der Waals surface area contributed by atoms with Crippen molar-refractivity contribution in [3.05, 3.63) is 17.2 Å². The zero-order valence-electron chi connectivity index (χ0n) is 7.96. The van der Waals surface area contributed by atoms with Gasteiger partial charge in [-0.05, 0) is 26.7 Å². The van der Waals surface area contributed by atoms with Crippen LogP contribution < -0.4 is 0 Å². The molecule has 0 aliphatic carbocycles. The lowest BCUT2D eigenvalue weighted by Crippen LogP contribution is -2.02. The van der Waals surface area contributed by atoms with Crippen LogP contribution in [-0.4, -0.2) is 15.2 Å². The largest absolute Gasteiger partial charge is 0.234 e. The van der Waals surface area contributed by atoms with E-state index in [0.29, 0.717) is 0 Å². The third kappa shape index (κ3) is 2.26. The highest BCUT2D eigenvalue weighted by Crippen LogP contribution is 2.04. The number of nitrogens with zero attached hydrogens (tertiary/aromatic N) is 3. The average Bonchev–Trinajstić information content (AvgIpc) is 2.07. The molecule has 1 rings (SSSR count). The molecule has 0 saturated carbocycles. The molecule has 0 spiro atoms. The fraction of sp³-hybridized carbons (Fsp3) is 0.667. The van der Waals surface area contributed by atoms with Gasteiger partial charge in [-0.1, -0.05) is 13.3 Å². The van der Waals surface area contributed by atoms with Crippen LogP contribution in [0.5, 0.6) is 0 Å². The van der Waals surface area contributed by atoms with Crippen LogP contribution in [0.4, 0.5) is 0 Å². The average molecular weight is 165 g/mol. The first-order valence-electron chi connectivity index (χ1n) is 4.41. The predicted octanol–water partition coefficient (Wildman–Crippen LogP) is 1.83. The van der Waals surface area contributed by atoms with E-state index >= 15 is 0 Å². The summed E-state index contributed by atoms with van der Waals surface area (Å²) in [5, 5.41) is 7.91. The van der Waals surface area contributed by atoms with Crippen LogP contribution >= 0.6 is 0 Å². The summed E-state index contributed by atoms with van der Waals surface area (Å²) >= 11 is 0. The van der Waals surface area contributed by atoms with Crippen LogP contribution in [0.1, 0.15) is 37.0 Å². The van der Waals surface area contributed by atoms with Crippen LogP contribution in [0.25, 0.3) is 0 Å². The lowest BCUT2D eigenvalue weighted by Gasteiger charge is -2.02. The van der Waals surface area contributed by atoms with Gasteiger partial charge in [-0.3, -0.25) is 0 Å². The molecular weight excluding hydrogens is 150 g/mol. The van der Waals surface area contributed by atoms with E-state index in [0.717, 1.165) is 23.6 Å². The van der Waals surface area contributed by atoms with E-state index in [9.17, 15) is 0 Å². The molecule has 1 aromatic rings. The highest BCUT2D eigenvalue weighted by molar-refractivity contribution is 5.07. The van der Waals surface area contributed by atoms with Gasteiger partial charge in [0.2, 0.25) is 0 Å². The highest BCUT2D eigenvalue weighted by atomic mass is 15.2. The van der Waals surface area contributed by atoms with Gasteiger partial charge in [0, 0.05) is 0 Å². The molecule has 66 valence electrons. The number of aryl methyl sites for hydroxylation is 3. The van der Waals surface area contributed by atoms with E-state index in [1.807, 2.05) is 13.8 Å². The molecule has 0 bridgehead atoms. The van der Waals surface area contributed by atoms with Crippen molar-refractivity contribution in [1.29, 1.82) is 0 Å². The maximum absolute atomic E-state index is 4.34. The van der Waals surface area contributed by atoms with Crippen LogP contribution in [0.2, 0.25) is 0 Å². The number of unbranched alkanes of at least 4 members (excludes halogenated alkanes) is 1. The lowest BCUT2D eigenvalue weighted by molar-refractivity contribution is 0.736. The normalized spacial score (nSPS) is 10.2. The Morgan fingerprint density at radius 3 is 2.58 bits per heavy atom. The van der Waals surface area contributed by atoms with Crippen molar-refractivity contribution >= 4 is 0 Å². The van der Waals surface area contributed by atoms with Crippen molar-refractivity contribution in [2.45, 2.75) is 40.0 Å². The molecule has 0 radical (unpaired) electrons. The van der Waals surface area contributed by atoms with E-state index in [4.69, 9.17) is 0 Å². The third-order valence-corrected chi connectivity index (χ3v) is 1.83. The fourth-order valence-corrected chi connectivity index (χ4v) is 1.08. The molecule has 3 heteroatoms. The zero-order valence-corrected chi connectivity index (χ0v) is 7.96. The second-order valence-corrected chi connectivity index (χ2v) is 2.99. The van der Waals surface area contributed by atoms with Gasteiger partial charge in [0.1, 0.15) is 5.82 Å². The van der Waals surface area contributed by atoms with Crippen molar-refractivity contribution < 1.29 is 0 Å². The Morgan fingerprint density at radius 1 is 1.17 bits per heavy atom. The monoisotopic (exact) mass is 165 g/mol. The Kier molecular flexibility index (Phi) is 3.14. The third-order valence-electron chi connectivity index (χ3n) is 1.83. The van der Waals surface area contributed by atoms with Gasteiger partial charge in [0.25, 0.3) is 0 Å². The Morgan fingerprint density at radius 2 is 1.92 bits per heavy atom. The molecular formula is C9H15N3. The van der Waals surface area contributed by atoms with Gasteiger partial charge in [-0.15, -0.1) is 5.10 Å². The highest BCUT2D eigenvalue weighted by Gasteiger charge is 2.01. The number of aromatic nitrogens is 3. The molecule has 3 nitrogen and oxygen atoms in total. The molecule has 12 heavy (non-hydrogen) atoms. The summed E-state index contributed by atoms with van der Waals surface area (Å²) in [5.41, 5.74) is 2.07. The first-order valence-corrected chi connectivity index (χ1v) is 4.41. The molecule has 1 heterocycles.